The number of ether oxygens (including phenoxy) is 2. The van der Waals surface area contributed by atoms with Crippen LogP contribution in [0.3, 0.4) is 0 Å². The molecule has 0 aliphatic carbocycles. The van der Waals surface area contributed by atoms with Gasteiger partial charge < -0.3 is 9.47 Å². The minimum atomic E-state index is 0.444. The molecule has 0 saturated heterocycles. The predicted molar refractivity (Wildman–Crippen MR) is 76.6 cm³/mol. The smallest absolute Gasteiger partial charge is 0.122 e. The molecule has 0 fully saturated rings. The Morgan fingerprint density at radius 2 is 2.00 bits per heavy atom. The third-order valence-electron chi connectivity index (χ3n) is 2.94. The van der Waals surface area contributed by atoms with Crippen LogP contribution in [0.2, 0.25) is 0 Å². The van der Waals surface area contributed by atoms with Crippen LogP contribution in [0, 0.1) is 5.92 Å². The molecule has 18 heavy (non-hydrogen) atoms. The molecule has 0 saturated carbocycles. The van der Waals surface area contributed by atoms with E-state index in [9.17, 15) is 0 Å². The van der Waals surface area contributed by atoms with Crippen molar-refractivity contribution in [2.75, 3.05) is 26.2 Å². The second-order valence-corrected chi connectivity index (χ2v) is 4.75. The van der Waals surface area contributed by atoms with Crippen molar-refractivity contribution in [2.45, 2.75) is 26.2 Å². The molecule has 1 aromatic carbocycles. The average molecular weight is 271 g/mol. The van der Waals surface area contributed by atoms with Gasteiger partial charge in [-0.2, -0.15) is 0 Å². The van der Waals surface area contributed by atoms with Gasteiger partial charge in [-0.25, -0.2) is 0 Å². The van der Waals surface area contributed by atoms with Crippen molar-refractivity contribution in [3.05, 3.63) is 29.8 Å². The number of methoxy groups -OCH3 is 1. The zero-order valence-electron chi connectivity index (χ0n) is 11.3. The fraction of sp³-hybridized carbons (Fsp3) is 0.600. The van der Waals surface area contributed by atoms with Crippen molar-refractivity contribution >= 4 is 11.6 Å². The quantitative estimate of drug-likeness (QED) is 0.500. The monoisotopic (exact) mass is 270 g/mol. The number of para-hydroxylation sites is 1. The standard InChI is InChI=1S/C15H23ClO2/c1-3-9-18-10-8-13(12-16)11-14-6-4-5-7-15(14)17-2/h4-7,13H,3,8-12H2,1-2H3. The minimum Gasteiger partial charge on any atom is -0.496 e. The number of benzene rings is 1. The third-order valence-corrected chi connectivity index (χ3v) is 3.37. The Labute approximate surface area is 115 Å². The molecule has 1 unspecified atom stereocenters. The highest BCUT2D eigenvalue weighted by Gasteiger charge is 2.11. The van der Waals surface area contributed by atoms with Crippen LogP contribution >= 0.6 is 11.6 Å². The lowest BCUT2D eigenvalue weighted by molar-refractivity contribution is 0.122. The number of hydrogen-bond acceptors (Lipinski definition) is 2. The van der Waals surface area contributed by atoms with Crippen LogP contribution in [0.4, 0.5) is 0 Å². The lowest BCUT2D eigenvalue weighted by Gasteiger charge is -2.16. The molecule has 2 nitrogen and oxygen atoms in total. The highest BCUT2D eigenvalue weighted by atomic mass is 35.5. The molecule has 102 valence electrons. The van der Waals surface area contributed by atoms with Gasteiger partial charge in [0.2, 0.25) is 0 Å². The number of rotatable bonds is 9. The highest BCUT2D eigenvalue weighted by molar-refractivity contribution is 6.18. The Balaban J connectivity index is 2.46. The molecule has 3 heteroatoms. The van der Waals surface area contributed by atoms with Gasteiger partial charge in [0.05, 0.1) is 7.11 Å². The molecule has 0 aromatic heterocycles. The molecular formula is C15H23ClO2. The molecule has 0 bridgehead atoms. The van der Waals surface area contributed by atoms with Gasteiger partial charge in [-0.1, -0.05) is 25.1 Å². The van der Waals surface area contributed by atoms with E-state index < -0.39 is 0 Å². The number of hydrogen-bond donors (Lipinski definition) is 0. The van der Waals surface area contributed by atoms with E-state index in [2.05, 4.69) is 13.0 Å². The van der Waals surface area contributed by atoms with E-state index in [0.717, 1.165) is 38.2 Å². The lowest BCUT2D eigenvalue weighted by Crippen LogP contribution is -2.11. The fourth-order valence-electron chi connectivity index (χ4n) is 1.91. The van der Waals surface area contributed by atoms with Gasteiger partial charge >= 0.3 is 0 Å². The highest BCUT2D eigenvalue weighted by Crippen LogP contribution is 2.23. The van der Waals surface area contributed by atoms with Crippen LogP contribution in [0.25, 0.3) is 0 Å². The van der Waals surface area contributed by atoms with Gasteiger partial charge in [0.25, 0.3) is 0 Å². The normalized spacial score (nSPS) is 12.4. The largest absolute Gasteiger partial charge is 0.496 e. The summed E-state index contributed by atoms with van der Waals surface area (Å²) >= 11 is 6.03. The van der Waals surface area contributed by atoms with Gasteiger partial charge in [0.1, 0.15) is 5.75 Å². The summed E-state index contributed by atoms with van der Waals surface area (Å²) in [4.78, 5) is 0. The molecule has 0 aliphatic heterocycles. The summed E-state index contributed by atoms with van der Waals surface area (Å²) in [6.07, 6.45) is 3.02. The summed E-state index contributed by atoms with van der Waals surface area (Å²) in [6, 6.07) is 8.12. The summed E-state index contributed by atoms with van der Waals surface area (Å²) in [7, 11) is 1.71. The van der Waals surface area contributed by atoms with Crippen LogP contribution in [0.5, 0.6) is 5.75 Å². The summed E-state index contributed by atoms with van der Waals surface area (Å²) in [5.74, 6) is 2.05. The zero-order valence-corrected chi connectivity index (χ0v) is 12.1. The van der Waals surface area contributed by atoms with Gasteiger partial charge in [-0.15, -0.1) is 11.6 Å². The van der Waals surface area contributed by atoms with Crippen LogP contribution in [0.15, 0.2) is 24.3 Å². The van der Waals surface area contributed by atoms with E-state index in [1.54, 1.807) is 7.11 Å². The molecule has 0 N–H and O–H groups in total. The molecule has 0 heterocycles. The topological polar surface area (TPSA) is 18.5 Å². The minimum absolute atomic E-state index is 0.444. The summed E-state index contributed by atoms with van der Waals surface area (Å²) in [5, 5.41) is 0. The first kappa shape index (κ1) is 15.3. The van der Waals surface area contributed by atoms with Gasteiger partial charge in [0.15, 0.2) is 0 Å². The number of alkyl halides is 1. The van der Waals surface area contributed by atoms with Crippen molar-refractivity contribution in [1.29, 1.82) is 0 Å². The lowest BCUT2D eigenvalue weighted by atomic mass is 9.97. The Kier molecular flexibility index (Phi) is 7.86. The van der Waals surface area contributed by atoms with Crippen LogP contribution in [-0.4, -0.2) is 26.2 Å². The Hall–Kier alpha value is -0.730. The first-order valence-electron chi connectivity index (χ1n) is 6.57. The van der Waals surface area contributed by atoms with Crippen molar-refractivity contribution in [3.63, 3.8) is 0 Å². The van der Waals surface area contributed by atoms with Crippen molar-refractivity contribution in [2.24, 2.45) is 5.92 Å². The van der Waals surface area contributed by atoms with Crippen molar-refractivity contribution < 1.29 is 9.47 Å². The zero-order chi connectivity index (χ0) is 13.2. The van der Waals surface area contributed by atoms with E-state index in [0.29, 0.717) is 11.8 Å². The second-order valence-electron chi connectivity index (χ2n) is 4.44. The van der Waals surface area contributed by atoms with E-state index in [1.165, 1.54) is 5.56 Å². The maximum atomic E-state index is 6.03. The molecular weight excluding hydrogens is 248 g/mol. The van der Waals surface area contributed by atoms with Crippen LogP contribution < -0.4 is 4.74 Å². The van der Waals surface area contributed by atoms with Gasteiger partial charge in [0, 0.05) is 19.1 Å². The van der Waals surface area contributed by atoms with Gasteiger partial charge in [-0.05, 0) is 36.8 Å². The maximum Gasteiger partial charge on any atom is 0.122 e. The Morgan fingerprint density at radius 3 is 2.67 bits per heavy atom. The summed E-state index contributed by atoms with van der Waals surface area (Å²) < 4.78 is 10.9. The van der Waals surface area contributed by atoms with Crippen LogP contribution in [-0.2, 0) is 11.2 Å². The molecule has 0 aliphatic rings. The SMILES string of the molecule is CCCOCCC(CCl)Cc1ccccc1OC. The van der Waals surface area contributed by atoms with E-state index in [1.807, 2.05) is 18.2 Å². The first-order chi connectivity index (χ1) is 8.81. The fourth-order valence-corrected chi connectivity index (χ4v) is 2.18. The number of halogens is 1. The Bertz CT molecular complexity index is 328. The van der Waals surface area contributed by atoms with Crippen molar-refractivity contribution in [3.8, 4) is 5.75 Å². The molecule has 0 amide bonds. The summed E-state index contributed by atoms with van der Waals surface area (Å²) in [5.41, 5.74) is 1.22. The molecule has 1 aromatic rings. The van der Waals surface area contributed by atoms with E-state index in [-0.39, 0.29) is 0 Å². The molecule has 0 radical (unpaired) electrons. The first-order valence-corrected chi connectivity index (χ1v) is 7.10. The third kappa shape index (κ3) is 5.28. The van der Waals surface area contributed by atoms with Gasteiger partial charge in [-0.3, -0.25) is 0 Å². The van der Waals surface area contributed by atoms with E-state index in [4.69, 9.17) is 21.1 Å². The average Bonchev–Trinajstić information content (AvgIpc) is 2.42. The van der Waals surface area contributed by atoms with Crippen molar-refractivity contribution in [1.82, 2.24) is 0 Å². The molecule has 0 spiro atoms. The molecule has 1 atom stereocenters. The second kappa shape index (κ2) is 9.23. The molecule has 1 rings (SSSR count). The van der Waals surface area contributed by atoms with E-state index >= 15 is 0 Å². The summed E-state index contributed by atoms with van der Waals surface area (Å²) in [6.45, 7) is 3.75. The maximum absolute atomic E-state index is 6.03. The predicted octanol–water partition coefficient (Wildman–Crippen LogP) is 3.91. The van der Waals surface area contributed by atoms with Crippen LogP contribution in [0.1, 0.15) is 25.3 Å². The Morgan fingerprint density at radius 1 is 1.22 bits per heavy atom.